The number of benzene rings is 1. The molecule has 3 aromatic heterocycles. The molecule has 7 heteroatoms. The number of hydrogen-bond acceptors (Lipinski definition) is 5. The molecule has 4 atom stereocenters. The maximum absolute atomic E-state index is 13.0. The van der Waals surface area contributed by atoms with Crippen LogP contribution in [0, 0.1) is 29.1 Å². The lowest BCUT2D eigenvalue weighted by atomic mass is 9.51. The highest BCUT2D eigenvalue weighted by atomic mass is 16.1. The average Bonchev–Trinajstić information content (AvgIpc) is 3.55. The average molecular weight is 449 g/mol. The van der Waals surface area contributed by atoms with E-state index >= 15 is 0 Å². The predicted octanol–water partition coefficient (Wildman–Crippen LogP) is 4.25. The van der Waals surface area contributed by atoms with E-state index in [2.05, 4.69) is 33.4 Å². The van der Waals surface area contributed by atoms with E-state index in [-0.39, 0.29) is 17.6 Å². The number of ketones is 1. The molecule has 6 rings (SSSR count). The summed E-state index contributed by atoms with van der Waals surface area (Å²) in [6, 6.07) is 16.4. The fraction of sp³-hybridized carbons (Fsp3) is 0.296. The molecular formula is C27H24N6O. The van der Waals surface area contributed by atoms with Crippen LogP contribution in [0.3, 0.4) is 0 Å². The standard InChI is InChI=1S/C27H24N6O/c1-17-23-10-9-22-24(19-14-30-33(16-19)21-8-5-11-29-15-21)31-32-26(22)27(23,12-18(13-28)25(17)34)20-6-3-2-4-7-20/h2-8,11,14-18,23H,9-10,12H2,1H3,(H,31,32)/t17-,18?,23-,27-/m0/s1. The van der Waals surface area contributed by atoms with Crippen molar-refractivity contribution in [3.8, 4) is 23.0 Å². The summed E-state index contributed by atoms with van der Waals surface area (Å²) in [5.41, 5.74) is 5.58. The third-order valence-corrected chi connectivity index (χ3v) is 7.78. The number of carbonyl (C=O) groups is 1. The first kappa shape index (κ1) is 20.5. The van der Waals surface area contributed by atoms with Gasteiger partial charge in [-0.3, -0.25) is 14.9 Å². The molecule has 0 saturated heterocycles. The van der Waals surface area contributed by atoms with Crippen LogP contribution >= 0.6 is 0 Å². The SMILES string of the molecule is C[C@@H]1C(=O)C(C#N)C[C@@]2(c3ccccc3)c3n[nH]c(-c4cnn(-c5cccnc5)c4)c3CC[C@@H]12. The molecule has 0 amide bonds. The van der Waals surface area contributed by atoms with Crippen LogP contribution in [0.15, 0.2) is 67.3 Å². The van der Waals surface area contributed by atoms with Gasteiger partial charge >= 0.3 is 0 Å². The minimum Gasteiger partial charge on any atom is -0.298 e. The number of H-pyrrole nitrogens is 1. The first-order valence-corrected chi connectivity index (χ1v) is 11.7. The number of hydrogen-bond donors (Lipinski definition) is 1. The van der Waals surface area contributed by atoms with Gasteiger partial charge < -0.3 is 0 Å². The molecule has 4 aromatic rings. The van der Waals surface area contributed by atoms with Crippen LogP contribution in [0.1, 0.15) is 36.6 Å². The quantitative estimate of drug-likeness (QED) is 0.505. The second-order valence-corrected chi connectivity index (χ2v) is 9.37. The van der Waals surface area contributed by atoms with Crippen molar-refractivity contribution in [3.05, 3.63) is 84.1 Å². The van der Waals surface area contributed by atoms with Gasteiger partial charge in [-0.1, -0.05) is 37.3 Å². The Kier molecular flexibility index (Phi) is 4.70. The van der Waals surface area contributed by atoms with Gasteiger partial charge in [-0.25, -0.2) is 4.68 Å². The van der Waals surface area contributed by atoms with Gasteiger partial charge in [0.2, 0.25) is 0 Å². The number of nitrogens with one attached hydrogen (secondary N) is 1. The number of nitriles is 1. The van der Waals surface area contributed by atoms with Gasteiger partial charge in [-0.05, 0) is 42.9 Å². The molecule has 0 aliphatic heterocycles. The number of rotatable bonds is 3. The Bertz CT molecular complexity index is 1400. The molecule has 1 saturated carbocycles. The predicted molar refractivity (Wildman–Crippen MR) is 126 cm³/mol. The lowest BCUT2D eigenvalue weighted by molar-refractivity contribution is -0.131. The number of fused-ring (bicyclic) bond motifs is 3. The van der Waals surface area contributed by atoms with Gasteiger partial charge in [0.15, 0.2) is 5.78 Å². The summed E-state index contributed by atoms with van der Waals surface area (Å²) in [6.07, 6.45) is 9.50. The van der Waals surface area contributed by atoms with Gasteiger partial charge in [0.1, 0.15) is 5.92 Å². The van der Waals surface area contributed by atoms with E-state index in [0.717, 1.165) is 46.6 Å². The van der Waals surface area contributed by atoms with Gasteiger partial charge in [-0.15, -0.1) is 0 Å². The van der Waals surface area contributed by atoms with Gasteiger partial charge in [0.25, 0.3) is 0 Å². The molecular weight excluding hydrogens is 424 g/mol. The molecule has 3 heterocycles. The van der Waals surface area contributed by atoms with Crippen molar-refractivity contribution in [1.82, 2.24) is 25.0 Å². The van der Waals surface area contributed by atoms with Gasteiger partial charge in [-0.2, -0.15) is 15.5 Å². The fourth-order valence-electron chi connectivity index (χ4n) is 6.20. The zero-order valence-corrected chi connectivity index (χ0v) is 18.8. The maximum atomic E-state index is 13.0. The summed E-state index contributed by atoms with van der Waals surface area (Å²) in [7, 11) is 0. The first-order valence-electron chi connectivity index (χ1n) is 11.7. The molecule has 1 aromatic carbocycles. The molecule has 2 aliphatic carbocycles. The molecule has 7 nitrogen and oxygen atoms in total. The molecule has 0 bridgehead atoms. The summed E-state index contributed by atoms with van der Waals surface area (Å²) in [5.74, 6) is -0.657. The van der Waals surface area contributed by atoms with Crippen LogP contribution < -0.4 is 0 Å². The van der Waals surface area contributed by atoms with Crippen molar-refractivity contribution in [1.29, 1.82) is 5.26 Å². The van der Waals surface area contributed by atoms with Crippen LogP contribution in [-0.4, -0.2) is 30.7 Å². The molecule has 1 fully saturated rings. The van der Waals surface area contributed by atoms with Gasteiger partial charge in [0, 0.05) is 34.9 Å². The Morgan fingerprint density at radius 1 is 1.18 bits per heavy atom. The van der Waals surface area contributed by atoms with E-state index in [1.165, 1.54) is 0 Å². The van der Waals surface area contributed by atoms with Crippen LogP contribution in [0.5, 0.6) is 0 Å². The number of aromatic nitrogens is 5. The molecule has 2 aliphatic rings. The first-order chi connectivity index (χ1) is 16.6. The van der Waals surface area contributed by atoms with Crippen LogP contribution in [-0.2, 0) is 16.6 Å². The van der Waals surface area contributed by atoms with E-state index in [9.17, 15) is 10.1 Å². The zero-order chi connectivity index (χ0) is 23.3. The van der Waals surface area contributed by atoms with E-state index < -0.39 is 11.3 Å². The zero-order valence-electron chi connectivity index (χ0n) is 18.8. The summed E-state index contributed by atoms with van der Waals surface area (Å²) >= 11 is 0. The van der Waals surface area contributed by atoms with Crippen molar-refractivity contribution in [2.45, 2.75) is 31.6 Å². The normalized spacial score (nSPS) is 25.9. The Labute approximate surface area is 197 Å². The lowest BCUT2D eigenvalue weighted by Gasteiger charge is -2.50. The summed E-state index contributed by atoms with van der Waals surface area (Å²) < 4.78 is 1.81. The largest absolute Gasteiger partial charge is 0.298 e. The Balaban J connectivity index is 1.51. The van der Waals surface area contributed by atoms with E-state index in [4.69, 9.17) is 5.10 Å². The molecule has 1 unspecified atom stereocenters. The summed E-state index contributed by atoms with van der Waals surface area (Å²) in [5, 5.41) is 22.6. The fourth-order valence-corrected chi connectivity index (χ4v) is 6.20. The highest BCUT2D eigenvalue weighted by Gasteiger charge is 2.57. The molecule has 0 radical (unpaired) electrons. The van der Waals surface area contributed by atoms with Crippen LogP contribution in [0.25, 0.3) is 16.9 Å². The summed E-state index contributed by atoms with van der Waals surface area (Å²) in [6.45, 7) is 1.99. The molecule has 1 N–H and O–H groups in total. The molecule has 34 heavy (non-hydrogen) atoms. The van der Waals surface area contributed by atoms with Crippen LogP contribution in [0.2, 0.25) is 0 Å². The maximum Gasteiger partial charge on any atom is 0.153 e. The second-order valence-electron chi connectivity index (χ2n) is 9.37. The van der Waals surface area contributed by atoms with Crippen molar-refractivity contribution in [2.24, 2.45) is 17.8 Å². The highest BCUT2D eigenvalue weighted by Crippen LogP contribution is 2.56. The van der Waals surface area contributed by atoms with Crippen molar-refractivity contribution in [2.75, 3.05) is 0 Å². The number of Topliss-reactive ketones (excluding diaryl/α,β-unsaturated/α-hetero) is 1. The summed E-state index contributed by atoms with van der Waals surface area (Å²) in [4.78, 5) is 17.2. The van der Waals surface area contributed by atoms with E-state index in [1.807, 2.05) is 49.6 Å². The lowest BCUT2D eigenvalue weighted by Crippen LogP contribution is -2.52. The smallest absolute Gasteiger partial charge is 0.153 e. The Hall–Kier alpha value is -4.05. The van der Waals surface area contributed by atoms with Crippen molar-refractivity contribution >= 4 is 5.78 Å². The second kappa shape index (κ2) is 7.77. The molecule has 0 spiro atoms. The minimum atomic E-state index is -0.633. The number of pyridine rings is 1. The number of nitrogens with zero attached hydrogens (tertiary/aromatic N) is 5. The van der Waals surface area contributed by atoms with E-state index in [0.29, 0.717) is 6.42 Å². The highest BCUT2D eigenvalue weighted by molar-refractivity contribution is 5.87. The Morgan fingerprint density at radius 2 is 2.03 bits per heavy atom. The topological polar surface area (TPSA) is 100 Å². The van der Waals surface area contributed by atoms with Crippen molar-refractivity contribution in [3.63, 3.8) is 0 Å². The minimum absolute atomic E-state index is 0.0658. The third-order valence-electron chi connectivity index (χ3n) is 7.78. The third kappa shape index (κ3) is 2.88. The Morgan fingerprint density at radius 3 is 2.79 bits per heavy atom. The number of aromatic amines is 1. The van der Waals surface area contributed by atoms with Crippen LogP contribution in [0.4, 0.5) is 0 Å². The number of carbonyl (C=O) groups excluding carboxylic acids is 1. The monoisotopic (exact) mass is 448 g/mol. The molecule has 168 valence electrons. The van der Waals surface area contributed by atoms with Crippen molar-refractivity contribution < 1.29 is 4.79 Å². The van der Waals surface area contributed by atoms with E-state index in [1.54, 1.807) is 17.1 Å². The van der Waals surface area contributed by atoms with Gasteiger partial charge in [0.05, 0.1) is 35.5 Å².